The van der Waals surface area contributed by atoms with Gasteiger partial charge in [-0.1, -0.05) is 19.9 Å². The Bertz CT molecular complexity index is 1340. The lowest BCUT2D eigenvalue weighted by molar-refractivity contribution is 0.399. The van der Waals surface area contributed by atoms with Gasteiger partial charge in [0.1, 0.15) is 17.6 Å². The number of nitrogens with zero attached hydrogens (tertiary/aromatic N) is 3. The largest absolute Gasteiger partial charge is 0.452 e. The van der Waals surface area contributed by atoms with Crippen molar-refractivity contribution >= 4 is 22.5 Å². The Balaban J connectivity index is 0.00000133. The van der Waals surface area contributed by atoms with Crippen LogP contribution in [0.5, 0.6) is 11.5 Å². The summed E-state index contributed by atoms with van der Waals surface area (Å²) in [6.07, 6.45) is 4.71. The Morgan fingerprint density at radius 3 is 2.21 bits per heavy atom. The molecule has 3 heterocycles. The highest BCUT2D eigenvalue weighted by atomic mass is 16.5. The highest BCUT2D eigenvalue weighted by Crippen LogP contribution is 2.46. The molecular formula is C30H40N3O+. The van der Waals surface area contributed by atoms with E-state index in [0.29, 0.717) is 0 Å². The van der Waals surface area contributed by atoms with Crippen molar-refractivity contribution in [3.63, 3.8) is 0 Å². The van der Waals surface area contributed by atoms with Crippen molar-refractivity contribution in [2.75, 3.05) is 18.0 Å². The summed E-state index contributed by atoms with van der Waals surface area (Å²) in [4.78, 5) is 7.49. The highest BCUT2D eigenvalue weighted by molar-refractivity contribution is 5.85. The molecule has 180 valence electrons. The van der Waals surface area contributed by atoms with Gasteiger partial charge in [-0.25, -0.2) is 9.57 Å². The van der Waals surface area contributed by atoms with Crippen LogP contribution in [-0.4, -0.2) is 24.2 Å². The molecule has 2 aromatic carbocycles. The van der Waals surface area contributed by atoms with Gasteiger partial charge >= 0.3 is 0 Å². The first-order valence-corrected chi connectivity index (χ1v) is 12.8. The lowest BCUT2D eigenvalue weighted by atomic mass is 9.88. The first-order valence-electron chi connectivity index (χ1n) is 12.8. The zero-order valence-electron chi connectivity index (χ0n) is 22.6. The Labute approximate surface area is 205 Å². The third-order valence-corrected chi connectivity index (χ3v) is 7.21. The molecule has 0 bridgehead atoms. The van der Waals surface area contributed by atoms with Crippen molar-refractivity contribution in [1.29, 1.82) is 0 Å². The Morgan fingerprint density at radius 1 is 0.882 bits per heavy atom. The zero-order valence-corrected chi connectivity index (χ0v) is 22.6. The van der Waals surface area contributed by atoms with Crippen LogP contribution < -0.4 is 24.9 Å². The first kappa shape index (κ1) is 24.3. The van der Waals surface area contributed by atoms with Crippen LogP contribution in [0.4, 0.5) is 11.4 Å². The molecule has 3 aliphatic rings. The molecule has 0 spiro atoms. The van der Waals surface area contributed by atoms with E-state index in [2.05, 4.69) is 101 Å². The molecule has 0 atom stereocenters. The van der Waals surface area contributed by atoms with Crippen LogP contribution in [0.1, 0.15) is 80.4 Å². The van der Waals surface area contributed by atoms with Crippen LogP contribution in [0.25, 0.3) is 11.1 Å². The van der Waals surface area contributed by atoms with Crippen LogP contribution in [0.2, 0.25) is 0 Å². The van der Waals surface area contributed by atoms with Crippen LogP contribution in [-0.2, 0) is 0 Å². The molecule has 2 aromatic rings. The first-order chi connectivity index (χ1) is 16.1. The third-order valence-electron chi connectivity index (χ3n) is 7.21. The number of rotatable bonds is 2. The number of hydrogen-bond acceptors (Lipinski definition) is 3. The number of hydrogen-bond donors (Lipinski definition) is 0. The minimum absolute atomic E-state index is 0.0278. The molecule has 4 nitrogen and oxygen atoms in total. The second-order valence-corrected chi connectivity index (χ2v) is 10.3. The number of anilines is 1. The highest BCUT2D eigenvalue weighted by Gasteiger charge is 2.34. The molecule has 5 rings (SSSR count). The molecule has 0 aromatic heterocycles. The summed E-state index contributed by atoms with van der Waals surface area (Å²) in [5.41, 5.74) is 7.15. The average Bonchev–Trinajstić information content (AvgIpc) is 2.76. The maximum absolute atomic E-state index is 6.52. The van der Waals surface area contributed by atoms with Crippen LogP contribution in [0.3, 0.4) is 0 Å². The van der Waals surface area contributed by atoms with E-state index in [0.717, 1.165) is 35.6 Å². The van der Waals surface area contributed by atoms with Crippen molar-refractivity contribution < 1.29 is 4.74 Å². The topological polar surface area (TPSA) is 27.8 Å². The summed E-state index contributed by atoms with van der Waals surface area (Å²) in [7, 11) is 0. The molecule has 0 amide bonds. The standard InChI is InChI=1S/C28H34N3O.C2H6/c1-9-30-23-13-25-21(11-19(23)17(3)15-27(30,5)6)29-22-12-20-18(4)16-28(7,8)31(10-2)24(20)14-26(22)32-25;1-2/h11-16H,9-10H2,1-8H3;1-2H3/q+1;. The van der Waals surface area contributed by atoms with Gasteiger partial charge in [-0.05, 0) is 70.9 Å². The fourth-order valence-corrected chi connectivity index (χ4v) is 5.93. The number of fused-ring (bicyclic) bond motifs is 4. The normalized spacial score (nSPS) is 18.5. The summed E-state index contributed by atoms with van der Waals surface area (Å²) >= 11 is 0. The number of allylic oxidation sites excluding steroid dienone is 2. The van der Waals surface area contributed by atoms with E-state index < -0.39 is 0 Å². The monoisotopic (exact) mass is 458 g/mol. The van der Waals surface area contributed by atoms with Crippen molar-refractivity contribution in [3.8, 4) is 11.5 Å². The summed E-state index contributed by atoms with van der Waals surface area (Å²) in [5.74, 6) is 1.68. The molecule has 0 aliphatic carbocycles. The summed E-state index contributed by atoms with van der Waals surface area (Å²) in [6.45, 7) is 23.8. The minimum atomic E-state index is -0.0278. The van der Waals surface area contributed by atoms with Crippen molar-refractivity contribution in [2.24, 2.45) is 4.99 Å². The molecule has 0 fully saturated rings. The quantitative estimate of drug-likeness (QED) is 0.410. The molecule has 0 saturated carbocycles. The molecule has 4 heteroatoms. The molecule has 0 radical (unpaired) electrons. The smallest absolute Gasteiger partial charge is 0.212 e. The lowest BCUT2D eigenvalue weighted by Gasteiger charge is -2.43. The third kappa shape index (κ3) is 3.68. The second-order valence-electron chi connectivity index (χ2n) is 10.3. The lowest BCUT2D eigenvalue weighted by Crippen LogP contribution is -2.49. The predicted octanol–water partition coefficient (Wildman–Crippen LogP) is 6.50. The maximum Gasteiger partial charge on any atom is 0.212 e. The Hall–Kier alpha value is -2.88. The summed E-state index contributed by atoms with van der Waals surface area (Å²) in [5, 5.41) is 2.13. The van der Waals surface area contributed by atoms with E-state index >= 15 is 0 Å². The number of benzene rings is 2. The van der Waals surface area contributed by atoms with Crippen molar-refractivity contribution in [2.45, 2.75) is 80.3 Å². The second kappa shape index (κ2) is 8.41. The van der Waals surface area contributed by atoms with E-state index in [-0.39, 0.29) is 11.1 Å². The van der Waals surface area contributed by atoms with Crippen LogP contribution in [0, 0.1) is 0 Å². The van der Waals surface area contributed by atoms with E-state index in [4.69, 9.17) is 9.73 Å². The predicted molar refractivity (Wildman–Crippen MR) is 145 cm³/mol. The number of ether oxygens (including phenoxy) is 1. The van der Waals surface area contributed by atoms with Gasteiger partial charge in [-0.2, -0.15) is 0 Å². The fourth-order valence-electron chi connectivity index (χ4n) is 5.93. The Morgan fingerprint density at radius 2 is 1.56 bits per heavy atom. The van der Waals surface area contributed by atoms with E-state index in [1.54, 1.807) is 0 Å². The van der Waals surface area contributed by atoms with Crippen molar-refractivity contribution in [1.82, 2.24) is 4.58 Å². The maximum atomic E-state index is 6.52. The van der Waals surface area contributed by atoms with Gasteiger partial charge < -0.3 is 9.64 Å². The van der Waals surface area contributed by atoms with Gasteiger partial charge in [0.25, 0.3) is 0 Å². The molecule has 0 unspecified atom stereocenters. The average molecular weight is 459 g/mol. The molecule has 34 heavy (non-hydrogen) atoms. The van der Waals surface area contributed by atoms with Gasteiger partial charge in [-0.3, -0.25) is 0 Å². The summed E-state index contributed by atoms with van der Waals surface area (Å²) < 4.78 is 8.96. The van der Waals surface area contributed by atoms with E-state index in [1.807, 2.05) is 13.8 Å². The van der Waals surface area contributed by atoms with Crippen molar-refractivity contribution in [3.05, 3.63) is 58.3 Å². The zero-order chi connectivity index (χ0) is 25.0. The van der Waals surface area contributed by atoms with Crippen LogP contribution in [0.15, 0.2) is 41.4 Å². The number of likely N-dealkylation sites (N-methyl/N-ethyl adjacent to an activating group) is 2. The fraction of sp³-hybridized carbons (Fsp3) is 0.467. The SMILES string of the molecule is CC.CCN1c2cc3c(cc2C(C)=CC1(C)C)N=c1cc2c(cc1O3)=[N+](CC)C(C)(C)C=C2C. The molecular weight excluding hydrogens is 418 g/mol. The van der Waals surface area contributed by atoms with Gasteiger partial charge in [0.2, 0.25) is 5.36 Å². The molecule has 0 saturated heterocycles. The van der Waals surface area contributed by atoms with Gasteiger partial charge in [0.05, 0.1) is 17.2 Å². The van der Waals surface area contributed by atoms with Gasteiger partial charge in [0, 0.05) is 37.7 Å². The molecule has 3 aliphatic heterocycles. The van der Waals surface area contributed by atoms with E-state index in [1.165, 1.54) is 33.3 Å². The minimum Gasteiger partial charge on any atom is -0.452 e. The molecule has 0 N–H and O–H groups in total. The Kier molecular flexibility index (Phi) is 6.00. The van der Waals surface area contributed by atoms with Gasteiger partial charge in [-0.15, -0.1) is 0 Å². The van der Waals surface area contributed by atoms with E-state index in [9.17, 15) is 0 Å². The van der Waals surface area contributed by atoms with Gasteiger partial charge in [0.15, 0.2) is 17.0 Å². The summed E-state index contributed by atoms with van der Waals surface area (Å²) in [6, 6.07) is 8.76. The van der Waals surface area contributed by atoms with Crippen LogP contribution >= 0.6 is 0 Å².